The molecular formula is C13H25N3O. The quantitative estimate of drug-likeness (QED) is 0.746. The van der Waals surface area contributed by atoms with Gasteiger partial charge in [0.2, 0.25) is 5.91 Å². The number of nitrogens with zero attached hydrogens (tertiary/aromatic N) is 1. The summed E-state index contributed by atoms with van der Waals surface area (Å²) in [4.78, 5) is 13.2. The highest BCUT2D eigenvalue weighted by Gasteiger charge is 2.23. The van der Waals surface area contributed by atoms with Crippen molar-refractivity contribution in [3.63, 3.8) is 0 Å². The summed E-state index contributed by atoms with van der Waals surface area (Å²) in [5, 5.41) is 7.22. The van der Waals surface area contributed by atoms with Crippen LogP contribution in [0.25, 0.3) is 0 Å². The predicted octanol–water partition coefficient (Wildman–Crippen LogP) is 0.729. The molecule has 1 unspecified atom stereocenters. The lowest BCUT2D eigenvalue weighted by Crippen LogP contribution is -2.47. The molecule has 17 heavy (non-hydrogen) atoms. The summed E-state index contributed by atoms with van der Waals surface area (Å²) in [5.41, 5.74) is 0. The van der Waals surface area contributed by atoms with Gasteiger partial charge in [-0.15, -0.1) is 0 Å². The van der Waals surface area contributed by atoms with Crippen molar-refractivity contribution in [3.8, 4) is 0 Å². The van der Waals surface area contributed by atoms with Gasteiger partial charge in [-0.25, -0.2) is 0 Å². The molecule has 2 aliphatic rings. The summed E-state index contributed by atoms with van der Waals surface area (Å²) in [7, 11) is 0. The predicted molar refractivity (Wildman–Crippen MR) is 68.9 cm³/mol. The Labute approximate surface area is 104 Å². The molecule has 1 amide bonds. The van der Waals surface area contributed by atoms with E-state index in [1.54, 1.807) is 6.92 Å². The Hall–Kier alpha value is -0.610. The van der Waals surface area contributed by atoms with E-state index in [1.807, 2.05) is 4.90 Å². The van der Waals surface area contributed by atoms with Gasteiger partial charge in [-0.2, -0.15) is 0 Å². The lowest BCUT2D eigenvalue weighted by molar-refractivity contribution is -0.129. The normalized spacial score (nSPS) is 27.8. The van der Waals surface area contributed by atoms with Crippen LogP contribution in [-0.2, 0) is 4.79 Å². The van der Waals surface area contributed by atoms with Gasteiger partial charge in [-0.3, -0.25) is 4.79 Å². The highest BCUT2D eigenvalue weighted by atomic mass is 16.2. The van der Waals surface area contributed by atoms with Crippen LogP contribution in [0.5, 0.6) is 0 Å². The summed E-state index contributed by atoms with van der Waals surface area (Å²) in [6.45, 7) is 5.84. The Morgan fingerprint density at radius 2 is 1.82 bits per heavy atom. The molecule has 2 aliphatic heterocycles. The van der Waals surface area contributed by atoms with Crippen LogP contribution in [0.4, 0.5) is 0 Å². The maximum absolute atomic E-state index is 11.2. The number of hydrogen-bond donors (Lipinski definition) is 2. The van der Waals surface area contributed by atoms with Gasteiger partial charge >= 0.3 is 0 Å². The van der Waals surface area contributed by atoms with Gasteiger partial charge in [-0.1, -0.05) is 0 Å². The maximum atomic E-state index is 11.2. The van der Waals surface area contributed by atoms with Gasteiger partial charge in [0.1, 0.15) is 0 Å². The zero-order valence-corrected chi connectivity index (χ0v) is 10.9. The fraction of sp³-hybridized carbons (Fsp3) is 0.923. The molecule has 2 fully saturated rings. The van der Waals surface area contributed by atoms with Crippen molar-refractivity contribution < 1.29 is 4.79 Å². The number of amides is 1. The molecule has 0 aromatic carbocycles. The lowest BCUT2D eigenvalue weighted by atomic mass is 10.0. The Morgan fingerprint density at radius 1 is 1.12 bits per heavy atom. The number of likely N-dealkylation sites (tertiary alicyclic amines) is 1. The molecule has 0 radical (unpaired) electrons. The number of carbonyl (C=O) groups excluding carboxylic acids is 1. The van der Waals surface area contributed by atoms with Gasteiger partial charge < -0.3 is 15.5 Å². The third-order valence-electron chi connectivity index (χ3n) is 3.99. The molecule has 4 heteroatoms. The first-order chi connectivity index (χ1) is 8.25. The zero-order valence-electron chi connectivity index (χ0n) is 10.9. The van der Waals surface area contributed by atoms with E-state index in [0.717, 1.165) is 32.5 Å². The third-order valence-corrected chi connectivity index (χ3v) is 3.99. The minimum Gasteiger partial charge on any atom is -0.343 e. The van der Waals surface area contributed by atoms with Crippen LogP contribution < -0.4 is 10.6 Å². The van der Waals surface area contributed by atoms with Crippen molar-refractivity contribution in [1.82, 2.24) is 15.5 Å². The van der Waals surface area contributed by atoms with E-state index in [-0.39, 0.29) is 5.91 Å². The highest BCUT2D eigenvalue weighted by molar-refractivity contribution is 5.73. The van der Waals surface area contributed by atoms with Gasteiger partial charge in [0, 0.05) is 32.1 Å². The minimum atomic E-state index is 0.224. The topological polar surface area (TPSA) is 44.4 Å². The molecule has 0 aromatic rings. The molecule has 2 N–H and O–H groups in total. The van der Waals surface area contributed by atoms with Gasteiger partial charge in [0.05, 0.1) is 0 Å². The number of hydrogen-bond acceptors (Lipinski definition) is 3. The Morgan fingerprint density at radius 3 is 2.53 bits per heavy atom. The second kappa shape index (κ2) is 6.36. The summed E-state index contributed by atoms with van der Waals surface area (Å²) in [5.74, 6) is 0.224. The number of piperidine rings is 1. The molecule has 2 rings (SSSR count). The van der Waals surface area contributed by atoms with Crippen LogP contribution in [-0.4, -0.2) is 49.1 Å². The number of carbonyl (C=O) groups is 1. The van der Waals surface area contributed by atoms with E-state index in [9.17, 15) is 4.79 Å². The van der Waals surface area contributed by atoms with Gasteiger partial charge in [0.25, 0.3) is 0 Å². The first-order valence-corrected chi connectivity index (χ1v) is 6.98. The molecule has 0 aromatic heterocycles. The zero-order chi connectivity index (χ0) is 12.1. The number of nitrogens with one attached hydrogen (secondary N) is 2. The molecule has 4 nitrogen and oxygen atoms in total. The molecular weight excluding hydrogens is 214 g/mol. The Kier molecular flexibility index (Phi) is 4.80. The van der Waals surface area contributed by atoms with E-state index < -0.39 is 0 Å². The molecule has 2 heterocycles. The Balaban J connectivity index is 1.71. The lowest BCUT2D eigenvalue weighted by Gasteiger charge is -2.34. The van der Waals surface area contributed by atoms with E-state index in [4.69, 9.17) is 0 Å². The first-order valence-electron chi connectivity index (χ1n) is 6.98. The van der Waals surface area contributed by atoms with E-state index >= 15 is 0 Å². The van der Waals surface area contributed by atoms with Crippen molar-refractivity contribution >= 4 is 5.91 Å². The average Bonchev–Trinajstić information content (AvgIpc) is 2.58. The third kappa shape index (κ3) is 3.96. The molecule has 0 bridgehead atoms. The van der Waals surface area contributed by atoms with Crippen LogP contribution >= 0.6 is 0 Å². The smallest absolute Gasteiger partial charge is 0.219 e. The molecule has 98 valence electrons. The summed E-state index contributed by atoms with van der Waals surface area (Å²) < 4.78 is 0. The van der Waals surface area contributed by atoms with E-state index in [0.29, 0.717) is 12.1 Å². The second-order valence-corrected chi connectivity index (χ2v) is 5.32. The molecule has 0 aliphatic carbocycles. The van der Waals surface area contributed by atoms with Crippen LogP contribution in [0.1, 0.15) is 39.0 Å². The molecule has 1 atom stereocenters. The van der Waals surface area contributed by atoms with Crippen molar-refractivity contribution in [1.29, 1.82) is 0 Å². The van der Waals surface area contributed by atoms with Crippen LogP contribution in [0.15, 0.2) is 0 Å². The largest absolute Gasteiger partial charge is 0.343 e. The molecule has 0 saturated carbocycles. The first kappa shape index (κ1) is 12.8. The van der Waals surface area contributed by atoms with E-state index in [1.165, 1.54) is 25.8 Å². The van der Waals surface area contributed by atoms with Crippen molar-refractivity contribution in [3.05, 3.63) is 0 Å². The van der Waals surface area contributed by atoms with Crippen LogP contribution in [0.3, 0.4) is 0 Å². The maximum Gasteiger partial charge on any atom is 0.219 e. The van der Waals surface area contributed by atoms with Gasteiger partial charge in [-0.05, 0) is 45.2 Å². The van der Waals surface area contributed by atoms with Gasteiger partial charge in [0.15, 0.2) is 0 Å². The second-order valence-electron chi connectivity index (χ2n) is 5.32. The van der Waals surface area contributed by atoms with E-state index in [2.05, 4.69) is 10.6 Å². The molecule has 2 saturated heterocycles. The van der Waals surface area contributed by atoms with Crippen molar-refractivity contribution in [2.24, 2.45) is 0 Å². The fourth-order valence-corrected chi connectivity index (χ4v) is 2.88. The summed E-state index contributed by atoms with van der Waals surface area (Å²) >= 11 is 0. The standard InChI is InChI=1S/C13H25N3O/c1-11(17)16-9-5-13(6-10-16)15-12-3-2-7-14-8-4-12/h12-15H,2-10H2,1H3. The fourth-order valence-electron chi connectivity index (χ4n) is 2.88. The van der Waals surface area contributed by atoms with Crippen molar-refractivity contribution in [2.45, 2.75) is 51.1 Å². The van der Waals surface area contributed by atoms with Crippen molar-refractivity contribution in [2.75, 3.05) is 26.2 Å². The highest BCUT2D eigenvalue weighted by Crippen LogP contribution is 2.14. The monoisotopic (exact) mass is 239 g/mol. The summed E-state index contributed by atoms with van der Waals surface area (Å²) in [6, 6.07) is 1.30. The Bertz CT molecular complexity index is 241. The minimum absolute atomic E-state index is 0.224. The summed E-state index contributed by atoms with van der Waals surface area (Å²) in [6.07, 6.45) is 6.05. The molecule has 0 spiro atoms. The van der Waals surface area contributed by atoms with Crippen LogP contribution in [0.2, 0.25) is 0 Å². The number of rotatable bonds is 2. The average molecular weight is 239 g/mol. The SMILES string of the molecule is CC(=O)N1CCC(NC2CCCNCC2)CC1. The van der Waals surface area contributed by atoms with Crippen LogP contribution in [0, 0.1) is 0 Å².